The highest BCUT2D eigenvalue weighted by atomic mass is 32.2. The lowest BCUT2D eigenvalue weighted by molar-refractivity contribution is 0.339. The molecule has 0 unspecified atom stereocenters. The lowest BCUT2D eigenvalue weighted by Gasteiger charge is -2.06. The van der Waals surface area contributed by atoms with Crippen molar-refractivity contribution in [2.45, 2.75) is 45.4 Å². The lowest BCUT2D eigenvalue weighted by Crippen LogP contribution is -2.08. The second-order valence-electron chi connectivity index (χ2n) is 6.61. The molecule has 0 aliphatic carbocycles. The molecule has 0 N–H and O–H groups in total. The fourth-order valence-electron chi connectivity index (χ4n) is 2.85. The van der Waals surface area contributed by atoms with E-state index >= 15 is 0 Å². The van der Waals surface area contributed by atoms with Crippen molar-refractivity contribution in [2.24, 2.45) is 5.16 Å². The number of hydrogen-bond donors (Lipinski definition) is 0. The van der Waals surface area contributed by atoms with Crippen LogP contribution in [0.15, 0.2) is 53.1 Å². The molecule has 1 aliphatic rings. The predicted molar refractivity (Wildman–Crippen MR) is 121 cm³/mol. The Morgan fingerprint density at radius 1 is 1.21 bits per heavy atom. The SMILES string of the molecule is C=Cc1ccccc1/C(C#N)=C1C=C/C(=N/OS(=O)(=O)CCCCCCCC)S\1. The number of oxime groups is 1. The number of hydrogen-bond acceptors (Lipinski definition) is 6. The Bertz CT molecular complexity index is 955. The number of thioether (sulfide) groups is 1. The van der Waals surface area contributed by atoms with Gasteiger partial charge in [-0.3, -0.25) is 4.28 Å². The first kappa shape index (κ1) is 23.0. The van der Waals surface area contributed by atoms with Gasteiger partial charge in [-0.15, -0.1) is 0 Å². The van der Waals surface area contributed by atoms with Crippen molar-refractivity contribution in [3.63, 3.8) is 0 Å². The molecule has 0 saturated carbocycles. The van der Waals surface area contributed by atoms with E-state index in [0.29, 0.717) is 21.9 Å². The highest BCUT2D eigenvalue weighted by molar-refractivity contribution is 8.18. The number of nitrogens with zero attached hydrogens (tertiary/aromatic N) is 2. The molecule has 0 aromatic heterocycles. The summed E-state index contributed by atoms with van der Waals surface area (Å²) in [5.41, 5.74) is 2.12. The zero-order valence-electron chi connectivity index (χ0n) is 16.6. The van der Waals surface area contributed by atoms with Crippen LogP contribution in [0.2, 0.25) is 0 Å². The molecule has 0 amide bonds. The summed E-state index contributed by atoms with van der Waals surface area (Å²) < 4.78 is 28.8. The Hall–Kier alpha value is -2.30. The molecule has 0 spiro atoms. The molecule has 1 heterocycles. The number of benzene rings is 1. The Labute approximate surface area is 178 Å². The van der Waals surface area contributed by atoms with Crippen molar-refractivity contribution in [3.05, 3.63) is 59.0 Å². The van der Waals surface area contributed by atoms with Gasteiger partial charge in [-0.05, 0) is 24.1 Å². The second kappa shape index (κ2) is 11.6. The van der Waals surface area contributed by atoms with Crippen molar-refractivity contribution in [3.8, 4) is 6.07 Å². The number of allylic oxidation sites excluding steroid dienone is 2. The zero-order valence-corrected chi connectivity index (χ0v) is 18.3. The first-order valence-electron chi connectivity index (χ1n) is 9.72. The predicted octanol–water partition coefficient (Wildman–Crippen LogP) is 5.89. The van der Waals surface area contributed by atoms with Crippen molar-refractivity contribution in [1.29, 1.82) is 5.26 Å². The van der Waals surface area contributed by atoms with Crippen LogP contribution >= 0.6 is 11.8 Å². The molecule has 1 aliphatic heterocycles. The van der Waals surface area contributed by atoms with Gasteiger partial charge in [-0.1, -0.05) is 92.9 Å². The molecular weight excluding hydrogens is 404 g/mol. The van der Waals surface area contributed by atoms with Gasteiger partial charge in [-0.2, -0.15) is 13.7 Å². The summed E-state index contributed by atoms with van der Waals surface area (Å²) in [6.07, 6.45) is 11.0. The Morgan fingerprint density at radius 2 is 1.93 bits per heavy atom. The summed E-state index contributed by atoms with van der Waals surface area (Å²) in [7, 11) is -3.70. The fraction of sp³-hybridized carbons (Fsp3) is 0.364. The topological polar surface area (TPSA) is 79.5 Å². The van der Waals surface area contributed by atoms with Crippen LogP contribution in [0.5, 0.6) is 0 Å². The van der Waals surface area contributed by atoms with Gasteiger partial charge in [0.1, 0.15) is 11.1 Å². The zero-order chi connectivity index (χ0) is 21.1. The normalized spacial score (nSPS) is 16.6. The smallest absolute Gasteiger partial charge is 0.267 e. The van der Waals surface area contributed by atoms with Crippen molar-refractivity contribution < 1.29 is 12.7 Å². The molecule has 5 nitrogen and oxygen atoms in total. The van der Waals surface area contributed by atoms with E-state index in [4.69, 9.17) is 4.28 Å². The van der Waals surface area contributed by atoms with Gasteiger partial charge in [0.2, 0.25) is 0 Å². The summed E-state index contributed by atoms with van der Waals surface area (Å²) in [4.78, 5) is 0.692. The number of unbranched alkanes of at least 4 members (excludes halogenated alkanes) is 5. The molecule has 0 bridgehead atoms. The summed E-state index contributed by atoms with van der Waals surface area (Å²) in [6.45, 7) is 5.93. The standard InChI is InChI=1S/C22H26N2O3S2/c1-3-5-6-7-8-11-16-29(25,26)27-24-22-15-14-21(28-22)20(17-23)19-13-10-9-12-18(19)4-2/h4,9-10,12-15H,2-3,5-8,11,16H2,1H3/b21-20+,24-22-. The van der Waals surface area contributed by atoms with Crippen molar-refractivity contribution in [1.82, 2.24) is 0 Å². The maximum atomic E-state index is 12.0. The average Bonchev–Trinajstić information content (AvgIpc) is 3.19. The summed E-state index contributed by atoms with van der Waals surface area (Å²) in [6, 6.07) is 9.70. The van der Waals surface area contributed by atoms with Crippen molar-refractivity contribution in [2.75, 3.05) is 5.75 Å². The quantitative estimate of drug-likeness (QED) is 0.248. The molecule has 0 radical (unpaired) electrons. The van der Waals surface area contributed by atoms with Crippen LogP contribution in [0.25, 0.3) is 11.6 Å². The Morgan fingerprint density at radius 3 is 2.66 bits per heavy atom. The van der Waals surface area contributed by atoms with E-state index in [9.17, 15) is 13.7 Å². The Balaban J connectivity index is 1.98. The molecule has 1 aromatic carbocycles. The molecule has 0 saturated heterocycles. The van der Waals surface area contributed by atoms with Crippen LogP contribution in [0.3, 0.4) is 0 Å². The number of rotatable bonds is 11. The fourth-order valence-corrected chi connectivity index (χ4v) is 4.55. The maximum absolute atomic E-state index is 12.0. The third kappa shape index (κ3) is 7.22. The van der Waals surface area contributed by atoms with Gasteiger partial charge in [0, 0.05) is 10.5 Å². The third-order valence-corrected chi connectivity index (χ3v) is 6.46. The van der Waals surface area contributed by atoms with Gasteiger partial charge in [0.05, 0.1) is 11.3 Å². The third-order valence-electron chi connectivity index (χ3n) is 4.39. The van der Waals surface area contributed by atoms with E-state index < -0.39 is 10.1 Å². The first-order valence-corrected chi connectivity index (χ1v) is 12.1. The van der Waals surface area contributed by atoms with E-state index in [1.165, 1.54) is 18.2 Å². The summed E-state index contributed by atoms with van der Waals surface area (Å²) in [5, 5.41) is 13.8. The van der Waals surface area contributed by atoms with E-state index in [1.807, 2.05) is 24.3 Å². The number of nitriles is 1. The van der Waals surface area contributed by atoms with E-state index in [2.05, 4.69) is 24.7 Å². The molecule has 1 aromatic rings. The lowest BCUT2D eigenvalue weighted by atomic mass is 10.00. The van der Waals surface area contributed by atoms with E-state index in [1.54, 1.807) is 18.2 Å². The molecule has 7 heteroatoms. The minimum absolute atomic E-state index is 0.0386. The van der Waals surface area contributed by atoms with Gasteiger partial charge >= 0.3 is 10.1 Å². The Kier molecular flexibility index (Phi) is 9.23. The van der Waals surface area contributed by atoms with Crippen LogP contribution in [-0.4, -0.2) is 19.2 Å². The second-order valence-corrected chi connectivity index (χ2v) is 9.35. The molecule has 0 fully saturated rings. The largest absolute Gasteiger partial charge is 0.328 e. The van der Waals surface area contributed by atoms with Crippen molar-refractivity contribution >= 4 is 38.6 Å². The summed E-state index contributed by atoms with van der Waals surface area (Å²) >= 11 is 1.21. The first-order chi connectivity index (χ1) is 14.0. The molecule has 29 heavy (non-hydrogen) atoms. The van der Waals surface area contributed by atoms with Gasteiger partial charge in [0.15, 0.2) is 0 Å². The monoisotopic (exact) mass is 430 g/mol. The maximum Gasteiger partial charge on any atom is 0.328 e. The van der Waals surface area contributed by atoms with E-state index in [0.717, 1.165) is 36.8 Å². The molecular formula is C22H26N2O3S2. The van der Waals surface area contributed by atoms with Crippen LogP contribution < -0.4 is 0 Å². The minimum atomic E-state index is -3.70. The molecule has 0 atom stereocenters. The van der Waals surface area contributed by atoms with Gasteiger partial charge in [-0.25, -0.2) is 0 Å². The van der Waals surface area contributed by atoms with Crippen LogP contribution in [0.4, 0.5) is 0 Å². The minimum Gasteiger partial charge on any atom is -0.267 e. The van der Waals surface area contributed by atoms with E-state index in [-0.39, 0.29) is 5.75 Å². The molecule has 154 valence electrons. The van der Waals surface area contributed by atoms with Crippen LogP contribution in [-0.2, 0) is 14.4 Å². The highest BCUT2D eigenvalue weighted by Crippen LogP contribution is 2.35. The molecule has 2 rings (SSSR count). The van der Waals surface area contributed by atoms with Crippen LogP contribution in [0, 0.1) is 11.3 Å². The van der Waals surface area contributed by atoms with Gasteiger partial charge < -0.3 is 0 Å². The van der Waals surface area contributed by atoms with Crippen LogP contribution in [0.1, 0.15) is 56.6 Å². The summed E-state index contributed by atoms with van der Waals surface area (Å²) in [5.74, 6) is -0.0386. The highest BCUT2D eigenvalue weighted by Gasteiger charge is 2.18. The average molecular weight is 431 g/mol. The van der Waals surface area contributed by atoms with Gasteiger partial charge in [0.25, 0.3) is 0 Å².